The molecule has 2 N–H and O–H groups in total. The van der Waals surface area contributed by atoms with E-state index in [1.807, 2.05) is 20.1 Å². The van der Waals surface area contributed by atoms with Gasteiger partial charge in [-0.05, 0) is 31.3 Å². The predicted molar refractivity (Wildman–Crippen MR) is 78.6 cm³/mol. The minimum atomic E-state index is -3.73. The molecule has 0 rings (SSSR count). The van der Waals surface area contributed by atoms with Gasteiger partial charge >= 0.3 is 5.97 Å². The highest BCUT2D eigenvalue weighted by atomic mass is 32.2. The van der Waals surface area contributed by atoms with E-state index in [-0.39, 0.29) is 6.42 Å². The lowest BCUT2D eigenvalue weighted by molar-refractivity contribution is -0.139. The van der Waals surface area contributed by atoms with Gasteiger partial charge in [0.05, 0.1) is 0 Å². The Morgan fingerprint density at radius 3 is 2.21 bits per heavy atom. The van der Waals surface area contributed by atoms with Crippen molar-refractivity contribution in [2.45, 2.75) is 39.2 Å². The van der Waals surface area contributed by atoms with E-state index < -0.39 is 22.2 Å². The molecule has 0 fully saturated rings. The van der Waals surface area contributed by atoms with Crippen LogP contribution in [-0.2, 0) is 15.0 Å². The van der Waals surface area contributed by atoms with Crippen LogP contribution < -0.4 is 4.72 Å². The number of nitrogens with one attached hydrogen (secondary N) is 1. The Kier molecular flexibility index (Phi) is 9.42. The van der Waals surface area contributed by atoms with Gasteiger partial charge in [0.25, 0.3) is 10.2 Å². The number of rotatable bonds is 11. The molecule has 0 saturated carbocycles. The molecule has 0 spiro atoms. The van der Waals surface area contributed by atoms with E-state index in [1.165, 1.54) is 16.1 Å². The third-order valence-electron chi connectivity index (χ3n) is 2.49. The number of thioether (sulfide) groups is 1. The SMILES string of the molecule is CCCN(CCC)S(=O)(=O)N[C@@H](CCSC)C(=O)O. The lowest BCUT2D eigenvalue weighted by Gasteiger charge is -2.23. The zero-order chi connectivity index (χ0) is 14.9. The van der Waals surface area contributed by atoms with E-state index in [1.54, 1.807) is 0 Å². The number of carboxylic acids is 1. The van der Waals surface area contributed by atoms with Crippen molar-refractivity contribution in [2.24, 2.45) is 0 Å². The van der Waals surface area contributed by atoms with E-state index in [0.717, 1.165) is 0 Å². The van der Waals surface area contributed by atoms with Gasteiger partial charge in [-0.2, -0.15) is 29.2 Å². The molecule has 0 radical (unpaired) electrons. The number of nitrogens with zero attached hydrogens (tertiary/aromatic N) is 1. The molecule has 0 aliphatic carbocycles. The molecule has 0 bridgehead atoms. The maximum Gasteiger partial charge on any atom is 0.321 e. The molecule has 0 saturated heterocycles. The van der Waals surface area contributed by atoms with Gasteiger partial charge in [0.1, 0.15) is 6.04 Å². The minimum absolute atomic E-state index is 0.280. The third-order valence-corrected chi connectivity index (χ3v) is 4.76. The molecule has 0 aromatic heterocycles. The summed E-state index contributed by atoms with van der Waals surface area (Å²) < 4.78 is 27.9. The summed E-state index contributed by atoms with van der Waals surface area (Å²) in [7, 11) is -3.73. The maximum atomic E-state index is 12.1. The van der Waals surface area contributed by atoms with Crippen LogP contribution in [0, 0.1) is 0 Å². The van der Waals surface area contributed by atoms with Gasteiger partial charge < -0.3 is 5.11 Å². The van der Waals surface area contributed by atoms with Gasteiger partial charge in [-0.15, -0.1) is 0 Å². The first-order valence-corrected chi connectivity index (χ1v) is 9.21. The molecule has 0 aliphatic heterocycles. The van der Waals surface area contributed by atoms with Crippen LogP contribution in [0.15, 0.2) is 0 Å². The topological polar surface area (TPSA) is 86.7 Å². The van der Waals surface area contributed by atoms with E-state index in [0.29, 0.717) is 31.7 Å². The molecular formula is C11H24N2O4S2. The highest BCUT2D eigenvalue weighted by Crippen LogP contribution is 2.07. The van der Waals surface area contributed by atoms with Crippen molar-refractivity contribution in [2.75, 3.05) is 25.1 Å². The lowest BCUT2D eigenvalue weighted by atomic mass is 10.2. The van der Waals surface area contributed by atoms with Gasteiger partial charge in [-0.1, -0.05) is 13.8 Å². The van der Waals surface area contributed by atoms with Gasteiger partial charge in [0, 0.05) is 13.1 Å². The molecule has 0 aromatic carbocycles. The average molecular weight is 312 g/mol. The highest BCUT2D eigenvalue weighted by Gasteiger charge is 2.27. The summed E-state index contributed by atoms with van der Waals surface area (Å²) in [6.45, 7) is 4.58. The number of hydrogen-bond acceptors (Lipinski definition) is 4. The summed E-state index contributed by atoms with van der Waals surface area (Å²) in [6, 6.07) is -1.06. The van der Waals surface area contributed by atoms with Crippen molar-refractivity contribution in [3.63, 3.8) is 0 Å². The summed E-state index contributed by atoms with van der Waals surface area (Å²) in [4.78, 5) is 11.1. The normalized spacial score (nSPS) is 13.7. The molecule has 0 heterocycles. The molecule has 1 atom stereocenters. The summed E-state index contributed by atoms with van der Waals surface area (Å²) in [6.07, 6.45) is 3.53. The van der Waals surface area contributed by atoms with Crippen molar-refractivity contribution in [1.82, 2.24) is 9.03 Å². The second kappa shape index (κ2) is 9.57. The van der Waals surface area contributed by atoms with E-state index in [9.17, 15) is 13.2 Å². The number of carboxylic acid groups (broad SMARTS) is 1. The fourth-order valence-corrected chi connectivity index (χ4v) is 3.62. The zero-order valence-corrected chi connectivity index (χ0v) is 13.4. The number of hydrogen-bond donors (Lipinski definition) is 2. The first kappa shape index (κ1) is 18.7. The van der Waals surface area contributed by atoms with Gasteiger partial charge in [-0.25, -0.2) is 0 Å². The fraction of sp³-hybridized carbons (Fsp3) is 0.909. The Hall–Kier alpha value is -0.310. The molecule has 0 amide bonds. The van der Waals surface area contributed by atoms with Crippen LogP contribution in [0.3, 0.4) is 0 Å². The quantitative estimate of drug-likeness (QED) is 0.597. The van der Waals surface area contributed by atoms with Gasteiger partial charge in [0.15, 0.2) is 0 Å². The van der Waals surface area contributed by atoms with Crippen LogP contribution in [0.5, 0.6) is 0 Å². The smallest absolute Gasteiger partial charge is 0.321 e. The summed E-state index contributed by atoms with van der Waals surface area (Å²) in [5.74, 6) is -0.535. The summed E-state index contributed by atoms with van der Waals surface area (Å²) in [5.41, 5.74) is 0. The first-order valence-electron chi connectivity index (χ1n) is 6.38. The maximum absolute atomic E-state index is 12.1. The summed E-state index contributed by atoms with van der Waals surface area (Å²) in [5, 5.41) is 9.05. The van der Waals surface area contributed by atoms with Crippen LogP contribution in [0.1, 0.15) is 33.1 Å². The van der Waals surface area contributed by atoms with Crippen molar-refractivity contribution < 1.29 is 18.3 Å². The van der Waals surface area contributed by atoms with Gasteiger partial charge in [-0.3, -0.25) is 4.79 Å². The first-order chi connectivity index (χ1) is 8.88. The molecule has 6 nitrogen and oxygen atoms in total. The molecule has 0 aromatic rings. The van der Waals surface area contributed by atoms with Crippen LogP contribution in [-0.4, -0.2) is 54.9 Å². The number of carbonyl (C=O) groups is 1. The second-order valence-corrected chi connectivity index (χ2v) is 6.88. The van der Waals surface area contributed by atoms with Crippen LogP contribution >= 0.6 is 11.8 Å². The Bertz CT molecular complexity index is 354. The van der Waals surface area contributed by atoms with Gasteiger partial charge in [0.2, 0.25) is 0 Å². The Labute approximate surface area is 120 Å². The molecule has 19 heavy (non-hydrogen) atoms. The van der Waals surface area contributed by atoms with Crippen molar-refractivity contribution >= 4 is 27.9 Å². The van der Waals surface area contributed by atoms with Crippen LogP contribution in [0.2, 0.25) is 0 Å². The minimum Gasteiger partial charge on any atom is -0.480 e. The molecule has 0 unspecified atom stereocenters. The highest BCUT2D eigenvalue weighted by molar-refractivity contribution is 7.98. The monoisotopic (exact) mass is 312 g/mol. The largest absolute Gasteiger partial charge is 0.480 e. The van der Waals surface area contributed by atoms with Crippen molar-refractivity contribution in [3.8, 4) is 0 Å². The molecule has 0 aliphatic rings. The fourth-order valence-electron chi connectivity index (χ4n) is 1.57. The Balaban J connectivity index is 4.80. The molecule has 8 heteroatoms. The van der Waals surface area contributed by atoms with E-state index >= 15 is 0 Å². The number of aliphatic carboxylic acids is 1. The van der Waals surface area contributed by atoms with Crippen LogP contribution in [0.25, 0.3) is 0 Å². The van der Waals surface area contributed by atoms with Crippen LogP contribution in [0.4, 0.5) is 0 Å². The molecule has 114 valence electrons. The average Bonchev–Trinajstić information content (AvgIpc) is 2.33. The Morgan fingerprint density at radius 1 is 1.32 bits per heavy atom. The third kappa shape index (κ3) is 7.14. The second-order valence-electron chi connectivity index (χ2n) is 4.19. The standard InChI is InChI=1S/C11H24N2O4S2/c1-4-7-13(8-5-2)19(16,17)12-10(11(14)15)6-9-18-3/h10,12H,4-9H2,1-3H3,(H,14,15)/t10-/m0/s1. The van der Waals surface area contributed by atoms with E-state index in [4.69, 9.17) is 5.11 Å². The lowest BCUT2D eigenvalue weighted by Crippen LogP contribution is -2.49. The zero-order valence-electron chi connectivity index (χ0n) is 11.8. The van der Waals surface area contributed by atoms with E-state index in [2.05, 4.69) is 4.72 Å². The summed E-state index contributed by atoms with van der Waals surface area (Å²) >= 11 is 1.49. The predicted octanol–water partition coefficient (Wildman–Crippen LogP) is 1.15. The van der Waals surface area contributed by atoms with Crippen molar-refractivity contribution in [3.05, 3.63) is 0 Å². The molecular weight excluding hydrogens is 288 g/mol. The Morgan fingerprint density at radius 2 is 1.84 bits per heavy atom. The van der Waals surface area contributed by atoms with Crippen molar-refractivity contribution in [1.29, 1.82) is 0 Å².